The molecule has 5 N–H and O–H groups in total. The number of aliphatic hydroxyl groups is 1. The van der Waals surface area contributed by atoms with Gasteiger partial charge in [0.15, 0.2) is 17.4 Å². The summed E-state index contributed by atoms with van der Waals surface area (Å²) in [5.74, 6) is -1.05. The number of imidazole rings is 2. The van der Waals surface area contributed by atoms with Crippen LogP contribution in [0.1, 0.15) is 26.0 Å². The molecule has 0 spiro atoms. The maximum absolute atomic E-state index is 12.4. The van der Waals surface area contributed by atoms with Gasteiger partial charge in [0.25, 0.3) is 13.7 Å². The Kier molecular flexibility index (Phi) is 6.88. The van der Waals surface area contributed by atoms with Crippen LogP contribution >= 0.6 is 8.18 Å². The molecule has 1 saturated heterocycles. The largest absolute Gasteiger partial charge is 0.388 e. The molecule has 178 valence electrons. The van der Waals surface area contributed by atoms with Gasteiger partial charge in [-0.25, -0.2) is 9.97 Å². The summed E-state index contributed by atoms with van der Waals surface area (Å²) in [6, 6.07) is 0. The van der Waals surface area contributed by atoms with Gasteiger partial charge in [0, 0.05) is 31.3 Å². The van der Waals surface area contributed by atoms with Gasteiger partial charge in [-0.15, -0.1) is 0 Å². The van der Waals surface area contributed by atoms with Gasteiger partial charge in [-0.2, -0.15) is 4.98 Å². The lowest BCUT2D eigenvalue weighted by Gasteiger charge is -2.20. The third kappa shape index (κ3) is 4.83. The molecule has 5 atom stereocenters. The van der Waals surface area contributed by atoms with E-state index in [0.717, 1.165) is 6.42 Å². The molecule has 1 amide bonds. The predicted octanol–water partition coefficient (Wildman–Crippen LogP) is -0.356. The number of carbonyl (C=O) groups is 1. The van der Waals surface area contributed by atoms with Crippen LogP contribution in [0.2, 0.25) is 0 Å². The second-order valence-corrected chi connectivity index (χ2v) is 8.93. The first kappa shape index (κ1) is 23.1. The first-order valence-electron chi connectivity index (χ1n) is 10.4. The maximum Gasteiger partial charge on any atom is 0.289 e. The molecule has 33 heavy (non-hydrogen) atoms. The smallest absolute Gasteiger partial charge is 0.289 e. The molecule has 14 nitrogen and oxygen atoms in total. The van der Waals surface area contributed by atoms with E-state index in [-0.39, 0.29) is 36.0 Å². The van der Waals surface area contributed by atoms with Crippen molar-refractivity contribution in [3.05, 3.63) is 35.4 Å². The van der Waals surface area contributed by atoms with E-state index >= 15 is 0 Å². The number of nitrogens with two attached hydrogens (primary N) is 1. The molecule has 0 bridgehead atoms. The molecule has 3 aromatic heterocycles. The third-order valence-corrected chi connectivity index (χ3v) is 6.43. The Morgan fingerprint density at radius 1 is 1.45 bits per heavy atom. The Morgan fingerprint density at radius 2 is 2.27 bits per heavy atom. The zero-order chi connectivity index (χ0) is 23.5. The summed E-state index contributed by atoms with van der Waals surface area (Å²) >= 11 is 0. The molecule has 1 fully saturated rings. The van der Waals surface area contributed by atoms with Crippen LogP contribution in [0.15, 0.2) is 29.8 Å². The molecular weight excluding hydrogens is 455 g/mol. The molecule has 0 saturated carbocycles. The molecular formula is C18H25N8O6P. The van der Waals surface area contributed by atoms with Gasteiger partial charge in [-0.3, -0.25) is 28.0 Å². The lowest BCUT2D eigenvalue weighted by atomic mass is 9.94. The third-order valence-electron chi connectivity index (χ3n) is 5.33. The van der Waals surface area contributed by atoms with Crippen molar-refractivity contribution in [2.24, 2.45) is 5.92 Å². The Labute approximate surface area is 188 Å². The first-order valence-corrected chi connectivity index (χ1v) is 11.6. The predicted molar refractivity (Wildman–Crippen MR) is 116 cm³/mol. The number of H-pyrrole nitrogens is 1. The summed E-state index contributed by atoms with van der Waals surface area (Å²) in [6.45, 7) is 2.29. The van der Waals surface area contributed by atoms with Crippen molar-refractivity contribution in [2.75, 3.05) is 18.9 Å². The fourth-order valence-electron chi connectivity index (χ4n) is 3.71. The molecule has 1 aliphatic heterocycles. The maximum atomic E-state index is 12.4. The average Bonchev–Trinajstić information content (AvgIpc) is 3.51. The molecule has 0 radical (unpaired) electrons. The number of anilines is 1. The molecule has 0 aliphatic carbocycles. The Hall–Kier alpha value is -3.06. The van der Waals surface area contributed by atoms with Crippen LogP contribution in [-0.2, 0) is 18.6 Å². The van der Waals surface area contributed by atoms with Crippen molar-refractivity contribution >= 4 is 31.2 Å². The Bertz CT molecular complexity index is 1190. The van der Waals surface area contributed by atoms with Crippen molar-refractivity contribution in [1.29, 1.82) is 0 Å². The molecule has 4 heterocycles. The van der Waals surface area contributed by atoms with E-state index in [2.05, 4.69) is 25.3 Å². The van der Waals surface area contributed by atoms with Crippen molar-refractivity contribution in [1.82, 2.24) is 34.2 Å². The highest BCUT2D eigenvalue weighted by atomic mass is 31.1. The van der Waals surface area contributed by atoms with E-state index < -0.39 is 38.1 Å². The number of aliphatic hydroxyl groups excluding tert-OH is 1. The molecule has 1 unspecified atom stereocenters. The lowest BCUT2D eigenvalue weighted by Crippen LogP contribution is -2.35. The summed E-state index contributed by atoms with van der Waals surface area (Å²) in [5.41, 5.74) is 5.29. The van der Waals surface area contributed by atoms with Gasteiger partial charge in [0.1, 0.15) is 12.4 Å². The minimum Gasteiger partial charge on any atom is -0.388 e. The summed E-state index contributed by atoms with van der Waals surface area (Å²) in [5, 5.41) is 13.8. The molecule has 4 rings (SSSR count). The minimum atomic E-state index is -2.66. The normalized spacial score (nSPS) is 23.7. The summed E-state index contributed by atoms with van der Waals surface area (Å²) in [6.07, 6.45) is 3.44. The highest BCUT2D eigenvalue weighted by Crippen LogP contribution is 2.38. The fraction of sp³-hybridized carbons (Fsp3) is 0.500. The number of hydrogen-bond acceptors (Lipinski definition) is 10. The number of nitrogens with one attached hydrogen (secondary N) is 2. The first-order chi connectivity index (χ1) is 15.9. The van der Waals surface area contributed by atoms with Gasteiger partial charge < -0.3 is 25.4 Å². The number of aromatic amines is 1. The van der Waals surface area contributed by atoms with Crippen molar-refractivity contribution in [3.8, 4) is 0 Å². The van der Waals surface area contributed by atoms with Crippen molar-refractivity contribution < 1.29 is 23.7 Å². The highest BCUT2D eigenvalue weighted by Gasteiger charge is 2.46. The van der Waals surface area contributed by atoms with Crippen LogP contribution in [0.4, 0.5) is 5.95 Å². The number of hydrogen-bond donors (Lipinski definition) is 4. The second-order valence-electron chi connectivity index (χ2n) is 7.60. The van der Waals surface area contributed by atoms with Crippen LogP contribution in [0.3, 0.4) is 0 Å². The topological polar surface area (TPSA) is 192 Å². The van der Waals surface area contributed by atoms with E-state index in [9.17, 15) is 19.3 Å². The number of carbonyl (C=O) groups excluding carboxylic acids is 1. The number of nitrogen functional groups attached to an aromatic ring is 1. The van der Waals surface area contributed by atoms with E-state index in [0.29, 0.717) is 6.54 Å². The summed E-state index contributed by atoms with van der Waals surface area (Å²) in [4.78, 5) is 38.8. The standard InChI is InChI=1S/C18H25N8O6P/c1-2-3-21-12(27)6-10-11(7-31-33(30)25-5-4-20-8-25)32-17(14(10)28)26-9-22-13-15(26)23-18(19)24-16(13)29/h4-5,8-11,14,17,28,33H,2-3,6-7H2,1H3,(H,21,27)(H3,19,23,24,29)/t10-,11-,14-,17-/m1/s1. The highest BCUT2D eigenvalue weighted by molar-refractivity contribution is 7.37. The minimum absolute atomic E-state index is 0.0297. The van der Waals surface area contributed by atoms with E-state index in [4.69, 9.17) is 15.0 Å². The van der Waals surface area contributed by atoms with Crippen LogP contribution in [-0.4, -0.2) is 65.2 Å². The zero-order valence-electron chi connectivity index (χ0n) is 17.7. The van der Waals surface area contributed by atoms with Crippen LogP contribution in [0, 0.1) is 5.92 Å². The quantitative estimate of drug-likeness (QED) is 0.294. The summed E-state index contributed by atoms with van der Waals surface area (Å²) in [7, 11) is -2.66. The number of nitrogens with zero attached hydrogens (tertiary/aromatic N) is 5. The molecule has 1 aliphatic rings. The van der Waals surface area contributed by atoms with Gasteiger partial charge in [0.05, 0.1) is 19.0 Å². The fourth-order valence-corrected chi connectivity index (χ4v) is 4.52. The van der Waals surface area contributed by atoms with Crippen LogP contribution < -0.4 is 16.6 Å². The molecule has 3 aromatic rings. The van der Waals surface area contributed by atoms with Gasteiger partial charge in [-0.1, -0.05) is 6.92 Å². The van der Waals surface area contributed by atoms with Crippen molar-refractivity contribution in [2.45, 2.75) is 38.2 Å². The number of ether oxygens (including phenoxy) is 1. The number of aromatic nitrogens is 6. The second kappa shape index (κ2) is 9.83. The number of rotatable bonds is 9. The van der Waals surface area contributed by atoms with Crippen LogP contribution in [0.25, 0.3) is 11.2 Å². The Balaban J connectivity index is 1.58. The van der Waals surface area contributed by atoms with E-state index in [1.54, 1.807) is 0 Å². The van der Waals surface area contributed by atoms with E-state index in [1.807, 2.05) is 6.92 Å². The lowest BCUT2D eigenvalue weighted by molar-refractivity contribution is -0.123. The number of fused-ring (bicyclic) bond motifs is 1. The average molecular weight is 480 g/mol. The number of amides is 1. The summed E-state index contributed by atoms with van der Waals surface area (Å²) < 4.78 is 26.6. The van der Waals surface area contributed by atoms with E-state index in [1.165, 1.54) is 34.0 Å². The molecule has 15 heteroatoms. The van der Waals surface area contributed by atoms with Crippen molar-refractivity contribution in [3.63, 3.8) is 0 Å². The van der Waals surface area contributed by atoms with Gasteiger partial charge in [-0.05, 0) is 6.42 Å². The SMILES string of the molecule is CCCNC(=O)C[C@H]1[C@@H](O)[C@H](n2cnc3c(=O)[nH]c(N)nc32)O[C@@H]1CO[PH](=O)n1ccnc1. The van der Waals surface area contributed by atoms with Gasteiger partial charge >= 0.3 is 0 Å². The monoisotopic (exact) mass is 480 g/mol. The molecule has 0 aromatic carbocycles. The van der Waals surface area contributed by atoms with Gasteiger partial charge in [0.2, 0.25) is 11.9 Å². The Morgan fingerprint density at radius 3 is 3.00 bits per heavy atom. The van der Waals surface area contributed by atoms with Crippen LogP contribution in [0.5, 0.6) is 0 Å². The zero-order valence-corrected chi connectivity index (χ0v) is 18.7.